The smallest absolute Gasteiger partial charge is 0.252 e. The molecule has 4 nitrogen and oxygen atoms in total. The molecule has 1 aliphatic heterocycles. The first kappa shape index (κ1) is 19.1. The molecule has 0 spiro atoms. The van der Waals surface area contributed by atoms with Crippen LogP contribution in [0, 0.1) is 6.92 Å². The topological polar surface area (TPSA) is 51.5 Å². The van der Waals surface area contributed by atoms with Crippen molar-refractivity contribution in [2.24, 2.45) is 0 Å². The Morgan fingerprint density at radius 2 is 1.90 bits per heavy atom. The van der Waals surface area contributed by atoms with E-state index in [1.165, 1.54) is 0 Å². The molecule has 0 saturated carbocycles. The number of aryl methyl sites for hydroxylation is 1. The summed E-state index contributed by atoms with van der Waals surface area (Å²) in [6.07, 6.45) is 4.08. The monoisotopic (exact) mass is 387 g/mol. The minimum atomic E-state index is -0.365. The summed E-state index contributed by atoms with van der Waals surface area (Å²) in [5.74, 6) is 1.34. The van der Waals surface area contributed by atoms with Crippen LogP contribution in [0.5, 0.6) is 5.75 Å². The number of ether oxygens (including phenoxy) is 1. The Bertz CT molecular complexity index is 1030. The van der Waals surface area contributed by atoms with Crippen molar-refractivity contribution < 1.29 is 13.9 Å². The molecule has 4 heteroatoms. The minimum Gasteiger partial charge on any atom is -0.487 e. The van der Waals surface area contributed by atoms with Crippen molar-refractivity contribution >= 4 is 17.6 Å². The Hall–Kier alpha value is -3.27. The average molecular weight is 387 g/mol. The van der Waals surface area contributed by atoms with Crippen molar-refractivity contribution in [2.45, 2.75) is 38.8 Å². The number of benzene rings is 2. The predicted octanol–water partition coefficient (Wildman–Crippen LogP) is 5.55. The van der Waals surface area contributed by atoms with E-state index in [4.69, 9.17) is 9.15 Å². The molecule has 148 valence electrons. The molecular formula is C25H25NO3. The van der Waals surface area contributed by atoms with E-state index in [0.717, 1.165) is 22.4 Å². The number of carbonyl (C=O) groups is 1. The van der Waals surface area contributed by atoms with E-state index in [1.807, 2.05) is 75.4 Å². The molecule has 2 aromatic carbocycles. The fourth-order valence-corrected chi connectivity index (χ4v) is 3.74. The highest BCUT2D eigenvalue weighted by Crippen LogP contribution is 2.40. The number of hydrogen-bond acceptors (Lipinski definition) is 3. The molecular weight excluding hydrogens is 362 g/mol. The highest BCUT2D eigenvalue weighted by atomic mass is 16.5. The van der Waals surface area contributed by atoms with E-state index in [-0.39, 0.29) is 17.6 Å². The Morgan fingerprint density at radius 1 is 1.10 bits per heavy atom. The molecule has 1 aromatic heterocycles. The standard InChI is InChI=1S/C25H25NO3/c1-17-11-12-20-22(16-25(2,3)29-23(20)14-17)26-24(27)21(15-19-10-7-13-28-19)18-8-5-4-6-9-18/h4-15,22H,16H2,1-3H3,(H,26,27)/b21-15+/t22-/m1/s1. The summed E-state index contributed by atoms with van der Waals surface area (Å²) in [6, 6.07) is 19.3. The molecule has 29 heavy (non-hydrogen) atoms. The van der Waals surface area contributed by atoms with Gasteiger partial charge in [-0.25, -0.2) is 0 Å². The van der Waals surface area contributed by atoms with Crippen LogP contribution >= 0.6 is 0 Å². The molecule has 2 heterocycles. The van der Waals surface area contributed by atoms with Gasteiger partial charge in [0.25, 0.3) is 5.91 Å². The highest BCUT2D eigenvalue weighted by molar-refractivity contribution is 6.24. The number of fused-ring (bicyclic) bond motifs is 1. The molecule has 1 amide bonds. The second-order valence-electron chi connectivity index (χ2n) is 8.07. The normalized spacial score (nSPS) is 17.9. The SMILES string of the molecule is Cc1ccc2c(c1)OC(C)(C)C[C@H]2NC(=O)/C(=C/c1ccco1)c1ccccc1. The first-order chi connectivity index (χ1) is 13.9. The zero-order valence-corrected chi connectivity index (χ0v) is 16.9. The molecule has 1 N–H and O–H groups in total. The summed E-state index contributed by atoms with van der Waals surface area (Å²) in [6.45, 7) is 6.14. The summed E-state index contributed by atoms with van der Waals surface area (Å²) in [5.41, 5.74) is 3.19. The Labute approximate surface area is 171 Å². The van der Waals surface area contributed by atoms with Crippen molar-refractivity contribution in [3.8, 4) is 5.75 Å². The van der Waals surface area contributed by atoms with Crippen molar-refractivity contribution in [3.63, 3.8) is 0 Å². The van der Waals surface area contributed by atoms with Crippen LogP contribution in [0.3, 0.4) is 0 Å². The molecule has 0 saturated heterocycles. The lowest BCUT2D eigenvalue weighted by atomic mass is 9.88. The van der Waals surface area contributed by atoms with E-state index in [1.54, 1.807) is 12.3 Å². The molecule has 1 aliphatic rings. The number of hydrogen-bond donors (Lipinski definition) is 1. The van der Waals surface area contributed by atoms with Gasteiger partial charge in [0.2, 0.25) is 0 Å². The zero-order chi connectivity index (χ0) is 20.4. The van der Waals surface area contributed by atoms with Gasteiger partial charge in [0, 0.05) is 12.0 Å². The van der Waals surface area contributed by atoms with Crippen LogP contribution in [0.2, 0.25) is 0 Å². The van der Waals surface area contributed by atoms with Crippen molar-refractivity contribution in [3.05, 3.63) is 89.4 Å². The van der Waals surface area contributed by atoms with Gasteiger partial charge < -0.3 is 14.5 Å². The van der Waals surface area contributed by atoms with Crippen LogP contribution in [-0.2, 0) is 4.79 Å². The zero-order valence-electron chi connectivity index (χ0n) is 16.9. The number of nitrogens with one attached hydrogen (secondary N) is 1. The summed E-state index contributed by atoms with van der Waals surface area (Å²) in [7, 11) is 0. The van der Waals surface area contributed by atoms with Gasteiger partial charge in [0.15, 0.2) is 0 Å². The van der Waals surface area contributed by atoms with E-state index in [2.05, 4.69) is 11.4 Å². The molecule has 0 fully saturated rings. The lowest BCUT2D eigenvalue weighted by molar-refractivity contribution is -0.116. The van der Waals surface area contributed by atoms with Gasteiger partial charge in [0.05, 0.1) is 17.9 Å². The van der Waals surface area contributed by atoms with Crippen molar-refractivity contribution in [1.29, 1.82) is 0 Å². The fourth-order valence-electron chi connectivity index (χ4n) is 3.74. The Balaban J connectivity index is 1.68. The number of furan rings is 1. The van der Waals surface area contributed by atoms with Crippen LogP contribution < -0.4 is 10.1 Å². The van der Waals surface area contributed by atoms with E-state index >= 15 is 0 Å². The Morgan fingerprint density at radius 3 is 2.62 bits per heavy atom. The van der Waals surface area contributed by atoms with E-state index in [0.29, 0.717) is 17.8 Å². The quantitative estimate of drug-likeness (QED) is 0.597. The van der Waals surface area contributed by atoms with E-state index < -0.39 is 0 Å². The Kier molecular flexibility index (Phi) is 5.01. The fraction of sp³-hybridized carbons (Fsp3) is 0.240. The summed E-state index contributed by atoms with van der Waals surface area (Å²) in [5, 5.41) is 3.23. The minimum absolute atomic E-state index is 0.134. The number of amides is 1. The van der Waals surface area contributed by atoms with E-state index in [9.17, 15) is 4.79 Å². The van der Waals surface area contributed by atoms with Gasteiger partial charge in [-0.15, -0.1) is 0 Å². The third kappa shape index (κ3) is 4.27. The second kappa shape index (κ2) is 7.63. The van der Waals surface area contributed by atoms with Crippen molar-refractivity contribution in [1.82, 2.24) is 5.32 Å². The predicted molar refractivity (Wildman–Crippen MR) is 114 cm³/mol. The maximum Gasteiger partial charge on any atom is 0.252 e. The molecule has 0 unspecified atom stereocenters. The lowest BCUT2D eigenvalue weighted by Gasteiger charge is -2.38. The van der Waals surface area contributed by atoms with Gasteiger partial charge in [-0.2, -0.15) is 0 Å². The summed E-state index contributed by atoms with van der Waals surface area (Å²) < 4.78 is 11.6. The molecule has 3 aromatic rings. The second-order valence-corrected chi connectivity index (χ2v) is 8.07. The van der Waals surface area contributed by atoms with Crippen LogP contribution in [0.4, 0.5) is 0 Å². The molecule has 0 aliphatic carbocycles. The third-order valence-corrected chi connectivity index (χ3v) is 5.09. The van der Waals surface area contributed by atoms with Crippen LogP contribution in [0.15, 0.2) is 71.3 Å². The molecule has 1 atom stereocenters. The van der Waals surface area contributed by atoms with Gasteiger partial charge in [-0.1, -0.05) is 42.5 Å². The number of carbonyl (C=O) groups excluding carboxylic acids is 1. The van der Waals surface area contributed by atoms with Gasteiger partial charge in [-0.3, -0.25) is 4.79 Å². The first-order valence-electron chi connectivity index (χ1n) is 9.82. The first-order valence-corrected chi connectivity index (χ1v) is 9.82. The van der Waals surface area contributed by atoms with Gasteiger partial charge >= 0.3 is 0 Å². The highest BCUT2D eigenvalue weighted by Gasteiger charge is 2.35. The number of rotatable bonds is 4. The molecule has 0 bridgehead atoms. The van der Waals surface area contributed by atoms with Gasteiger partial charge in [-0.05, 0) is 56.2 Å². The third-order valence-electron chi connectivity index (χ3n) is 5.09. The van der Waals surface area contributed by atoms with Crippen LogP contribution in [0.25, 0.3) is 11.6 Å². The average Bonchev–Trinajstić information content (AvgIpc) is 3.18. The van der Waals surface area contributed by atoms with Crippen molar-refractivity contribution in [2.75, 3.05) is 0 Å². The lowest BCUT2D eigenvalue weighted by Crippen LogP contribution is -2.41. The summed E-state index contributed by atoms with van der Waals surface area (Å²) >= 11 is 0. The maximum atomic E-state index is 13.4. The largest absolute Gasteiger partial charge is 0.487 e. The van der Waals surface area contributed by atoms with Gasteiger partial charge in [0.1, 0.15) is 17.1 Å². The summed E-state index contributed by atoms with van der Waals surface area (Å²) in [4.78, 5) is 13.4. The maximum absolute atomic E-state index is 13.4. The molecule has 4 rings (SSSR count). The van der Waals surface area contributed by atoms with Crippen LogP contribution in [0.1, 0.15) is 48.8 Å². The molecule has 0 radical (unpaired) electrons. The van der Waals surface area contributed by atoms with Crippen LogP contribution in [-0.4, -0.2) is 11.5 Å².